The van der Waals surface area contributed by atoms with Crippen LogP contribution < -0.4 is 0 Å². The SMILES string of the molecule is CCn1cc(S(=O)(=O)N2CCCCC[C@H]2c2nn(C)cc2Cl)c(C)n1. The lowest BCUT2D eigenvalue weighted by Crippen LogP contribution is -2.35. The summed E-state index contributed by atoms with van der Waals surface area (Å²) in [7, 11) is -1.88. The van der Waals surface area contributed by atoms with E-state index >= 15 is 0 Å². The summed E-state index contributed by atoms with van der Waals surface area (Å²) in [5, 5.41) is 9.24. The second-order valence-corrected chi connectivity index (χ2v) is 8.72. The Labute approximate surface area is 153 Å². The van der Waals surface area contributed by atoms with Crippen LogP contribution in [0.4, 0.5) is 0 Å². The molecule has 0 unspecified atom stereocenters. The highest BCUT2D eigenvalue weighted by molar-refractivity contribution is 7.89. The zero-order chi connectivity index (χ0) is 18.2. The molecule has 2 aromatic rings. The molecule has 25 heavy (non-hydrogen) atoms. The van der Waals surface area contributed by atoms with Crippen LogP contribution in [0.1, 0.15) is 50.0 Å². The highest BCUT2D eigenvalue weighted by atomic mass is 35.5. The molecule has 2 aromatic heterocycles. The minimum atomic E-state index is -3.67. The number of rotatable bonds is 4. The molecule has 0 spiro atoms. The van der Waals surface area contributed by atoms with Crippen molar-refractivity contribution in [2.75, 3.05) is 6.54 Å². The molecule has 138 valence electrons. The predicted molar refractivity (Wildman–Crippen MR) is 96.0 cm³/mol. The molecule has 0 amide bonds. The average Bonchev–Trinajstić information content (AvgIpc) is 2.99. The molecule has 0 N–H and O–H groups in total. The molecular formula is C16H24ClN5O2S. The molecule has 1 fully saturated rings. The molecule has 3 rings (SSSR count). The van der Waals surface area contributed by atoms with Gasteiger partial charge in [0.25, 0.3) is 0 Å². The number of hydrogen-bond donors (Lipinski definition) is 0. The van der Waals surface area contributed by atoms with Gasteiger partial charge in [-0.15, -0.1) is 0 Å². The van der Waals surface area contributed by atoms with E-state index in [1.165, 1.54) is 0 Å². The molecule has 0 bridgehead atoms. The van der Waals surface area contributed by atoms with Gasteiger partial charge in [-0.2, -0.15) is 14.5 Å². The van der Waals surface area contributed by atoms with E-state index in [1.807, 2.05) is 6.92 Å². The van der Waals surface area contributed by atoms with Crippen LogP contribution in [0.3, 0.4) is 0 Å². The molecule has 0 saturated carbocycles. The fourth-order valence-electron chi connectivity index (χ4n) is 3.39. The Balaban J connectivity index is 2.06. The normalized spacial score (nSPS) is 19.9. The second-order valence-electron chi connectivity index (χ2n) is 6.45. The van der Waals surface area contributed by atoms with E-state index in [0.717, 1.165) is 25.7 Å². The van der Waals surface area contributed by atoms with Crippen LogP contribution in [0.5, 0.6) is 0 Å². The molecule has 1 aliphatic rings. The first-order valence-electron chi connectivity index (χ1n) is 8.59. The number of halogens is 1. The van der Waals surface area contributed by atoms with Crippen molar-refractivity contribution in [1.29, 1.82) is 0 Å². The van der Waals surface area contributed by atoms with Gasteiger partial charge in [0.05, 0.1) is 22.5 Å². The van der Waals surface area contributed by atoms with Crippen molar-refractivity contribution in [3.63, 3.8) is 0 Å². The lowest BCUT2D eigenvalue weighted by molar-refractivity contribution is 0.321. The van der Waals surface area contributed by atoms with Gasteiger partial charge in [0.1, 0.15) is 4.90 Å². The van der Waals surface area contributed by atoms with Crippen LogP contribution in [0.2, 0.25) is 5.02 Å². The molecule has 0 aromatic carbocycles. The van der Waals surface area contributed by atoms with Crippen molar-refractivity contribution < 1.29 is 8.42 Å². The Morgan fingerprint density at radius 3 is 2.60 bits per heavy atom. The fraction of sp³-hybridized carbons (Fsp3) is 0.625. The van der Waals surface area contributed by atoms with Gasteiger partial charge in [-0.05, 0) is 26.7 Å². The number of sulfonamides is 1. The van der Waals surface area contributed by atoms with Crippen molar-refractivity contribution in [3.05, 3.63) is 28.8 Å². The van der Waals surface area contributed by atoms with E-state index in [-0.39, 0.29) is 10.9 Å². The first kappa shape index (κ1) is 18.4. The Morgan fingerprint density at radius 2 is 2.00 bits per heavy atom. The zero-order valence-corrected chi connectivity index (χ0v) is 16.4. The third kappa shape index (κ3) is 3.47. The Hall–Kier alpha value is -1.38. The quantitative estimate of drug-likeness (QED) is 0.811. The van der Waals surface area contributed by atoms with Gasteiger partial charge >= 0.3 is 0 Å². The van der Waals surface area contributed by atoms with E-state index in [4.69, 9.17) is 11.6 Å². The maximum absolute atomic E-state index is 13.4. The maximum Gasteiger partial charge on any atom is 0.247 e. The van der Waals surface area contributed by atoms with Crippen molar-refractivity contribution in [2.45, 2.75) is 57.0 Å². The van der Waals surface area contributed by atoms with Crippen molar-refractivity contribution in [1.82, 2.24) is 23.9 Å². The molecule has 1 aliphatic heterocycles. The van der Waals surface area contributed by atoms with Gasteiger partial charge in [-0.25, -0.2) is 8.42 Å². The van der Waals surface area contributed by atoms with Gasteiger partial charge < -0.3 is 0 Å². The van der Waals surface area contributed by atoms with Gasteiger partial charge in [0, 0.05) is 32.5 Å². The van der Waals surface area contributed by atoms with Gasteiger partial charge in [-0.3, -0.25) is 9.36 Å². The predicted octanol–water partition coefficient (Wildman–Crippen LogP) is 2.90. The summed E-state index contributed by atoms with van der Waals surface area (Å²) >= 11 is 6.33. The second kappa shape index (κ2) is 7.09. The standard InChI is InChI=1S/C16H24ClN5O2S/c1-4-21-11-15(12(2)18-21)25(23,24)22-9-7-5-6-8-14(22)16-13(17)10-20(3)19-16/h10-11,14H,4-9H2,1-3H3/t14-/m0/s1. The number of aryl methyl sites for hydroxylation is 3. The van der Waals surface area contributed by atoms with Gasteiger partial charge in [-0.1, -0.05) is 24.4 Å². The molecule has 1 atom stereocenters. The largest absolute Gasteiger partial charge is 0.274 e. The topological polar surface area (TPSA) is 73.0 Å². The van der Waals surface area contributed by atoms with Crippen molar-refractivity contribution in [3.8, 4) is 0 Å². The van der Waals surface area contributed by atoms with Crippen molar-refractivity contribution in [2.24, 2.45) is 7.05 Å². The third-order valence-corrected chi connectivity index (χ3v) is 6.94. The zero-order valence-electron chi connectivity index (χ0n) is 14.8. The molecule has 3 heterocycles. The molecule has 7 nitrogen and oxygen atoms in total. The van der Waals surface area contributed by atoms with E-state index in [0.29, 0.717) is 29.5 Å². The minimum Gasteiger partial charge on any atom is -0.274 e. The number of aromatic nitrogens is 4. The summed E-state index contributed by atoms with van der Waals surface area (Å²) in [6.07, 6.45) is 6.84. The van der Waals surface area contributed by atoms with Crippen LogP contribution >= 0.6 is 11.6 Å². The third-order valence-electron chi connectivity index (χ3n) is 4.64. The lowest BCUT2D eigenvalue weighted by Gasteiger charge is -2.28. The lowest BCUT2D eigenvalue weighted by atomic mass is 10.1. The Kier molecular flexibility index (Phi) is 5.22. The molecule has 9 heteroatoms. The van der Waals surface area contributed by atoms with E-state index < -0.39 is 10.0 Å². The van der Waals surface area contributed by atoms with Gasteiger partial charge in [0.15, 0.2) is 0 Å². The summed E-state index contributed by atoms with van der Waals surface area (Å²) in [5.41, 5.74) is 1.16. The first-order chi connectivity index (χ1) is 11.8. The van der Waals surface area contributed by atoms with E-state index in [2.05, 4.69) is 10.2 Å². The summed E-state index contributed by atoms with van der Waals surface area (Å²) in [6, 6.07) is -0.342. The fourth-order valence-corrected chi connectivity index (χ4v) is 5.52. The summed E-state index contributed by atoms with van der Waals surface area (Å²) < 4.78 is 31.6. The van der Waals surface area contributed by atoms with E-state index in [9.17, 15) is 8.42 Å². The molecule has 0 radical (unpaired) electrons. The molecular weight excluding hydrogens is 362 g/mol. The summed E-state index contributed by atoms with van der Waals surface area (Å²) in [6.45, 7) is 4.77. The van der Waals surface area contributed by atoms with Crippen LogP contribution in [0.15, 0.2) is 17.3 Å². The average molecular weight is 386 g/mol. The van der Waals surface area contributed by atoms with Crippen molar-refractivity contribution >= 4 is 21.6 Å². The molecule has 0 aliphatic carbocycles. The number of hydrogen-bond acceptors (Lipinski definition) is 4. The first-order valence-corrected chi connectivity index (χ1v) is 10.4. The molecule has 1 saturated heterocycles. The minimum absolute atomic E-state index is 0.272. The highest BCUT2D eigenvalue weighted by Gasteiger charge is 2.37. The Bertz CT molecular complexity index is 858. The summed E-state index contributed by atoms with van der Waals surface area (Å²) in [5.74, 6) is 0. The number of nitrogens with zero attached hydrogens (tertiary/aromatic N) is 5. The summed E-state index contributed by atoms with van der Waals surface area (Å²) in [4.78, 5) is 0.272. The monoisotopic (exact) mass is 385 g/mol. The maximum atomic E-state index is 13.4. The van der Waals surface area contributed by atoms with E-state index in [1.54, 1.807) is 40.0 Å². The van der Waals surface area contributed by atoms with Crippen LogP contribution in [0, 0.1) is 6.92 Å². The van der Waals surface area contributed by atoms with Crippen LogP contribution in [-0.4, -0.2) is 38.8 Å². The highest BCUT2D eigenvalue weighted by Crippen LogP contribution is 2.37. The Morgan fingerprint density at radius 1 is 1.24 bits per heavy atom. The van der Waals surface area contributed by atoms with Gasteiger partial charge in [0.2, 0.25) is 10.0 Å². The van der Waals surface area contributed by atoms with Crippen LogP contribution in [0.25, 0.3) is 0 Å². The smallest absolute Gasteiger partial charge is 0.247 e. The van der Waals surface area contributed by atoms with Crippen LogP contribution in [-0.2, 0) is 23.6 Å².